The summed E-state index contributed by atoms with van der Waals surface area (Å²) in [7, 11) is 0. The lowest BCUT2D eigenvalue weighted by Crippen LogP contribution is -2.24. The quantitative estimate of drug-likeness (QED) is 0.623. The first kappa shape index (κ1) is 9.07. The van der Waals surface area contributed by atoms with Gasteiger partial charge in [-0.05, 0) is 12.1 Å². The third-order valence-electron chi connectivity index (χ3n) is 1.43. The first-order valence-electron chi connectivity index (χ1n) is 3.68. The molecule has 1 rings (SSSR count). The normalized spacial score (nSPS) is 8.85. The molecule has 0 aliphatic rings. The zero-order chi connectivity index (χ0) is 9.68. The maximum absolute atomic E-state index is 11.3. The van der Waals surface area contributed by atoms with Crippen molar-refractivity contribution < 1.29 is 4.79 Å². The average Bonchev–Trinajstić information content (AvgIpc) is 2.15. The molecule has 0 aliphatic carbocycles. The van der Waals surface area contributed by atoms with Gasteiger partial charge in [0.15, 0.2) is 0 Å². The standard InChI is InChI=1S/C9H9N3O/c1-2-5-12-9(13)7-4-3-6-11-8(7)10/h1,3-4,6H,5H2,(H2,10,11)(H,12,13). The minimum Gasteiger partial charge on any atom is -0.383 e. The number of hydrogen-bond acceptors (Lipinski definition) is 3. The SMILES string of the molecule is C#CCNC(=O)c1cccnc1N. The van der Waals surface area contributed by atoms with Crippen molar-refractivity contribution in [3.05, 3.63) is 23.9 Å². The first-order valence-corrected chi connectivity index (χ1v) is 3.68. The van der Waals surface area contributed by atoms with Crippen molar-refractivity contribution in [2.75, 3.05) is 12.3 Å². The highest BCUT2D eigenvalue weighted by molar-refractivity contribution is 5.98. The Morgan fingerprint density at radius 1 is 1.77 bits per heavy atom. The minimum atomic E-state index is -0.302. The van der Waals surface area contributed by atoms with E-state index in [0.717, 1.165) is 0 Å². The van der Waals surface area contributed by atoms with Crippen LogP contribution >= 0.6 is 0 Å². The molecular formula is C9H9N3O. The Kier molecular flexibility index (Phi) is 2.87. The van der Waals surface area contributed by atoms with Crippen LogP contribution in [0.15, 0.2) is 18.3 Å². The largest absolute Gasteiger partial charge is 0.383 e. The van der Waals surface area contributed by atoms with Gasteiger partial charge in [-0.2, -0.15) is 0 Å². The Balaban J connectivity index is 2.78. The number of hydrogen-bond donors (Lipinski definition) is 2. The Morgan fingerprint density at radius 3 is 3.15 bits per heavy atom. The molecule has 0 saturated carbocycles. The maximum Gasteiger partial charge on any atom is 0.255 e. The summed E-state index contributed by atoms with van der Waals surface area (Å²) in [5.74, 6) is 2.20. The number of nitrogen functional groups attached to an aromatic ring is 1. The molecule has 1 aromatic heterocycles. The van der Waals surface area contributed by atoms with E-state index >= 15 is 0 Å². The van der Waals surface area contributed by atoms with Gasteiger partial charge in [-0.1, -0.05) is 5.92 Å². The number of pyridine rings is 1. The van der Waals surface area contributed by atoms with E-state index in [-0.39, 0.29) is 18.3 Å². The molecule has 13 heavy (non-hydrogen) atoms. The number of carbonyl (C=O) groups is 1. The van der Waals surface area contributed by atoms with Crippen molar-refractivity contribution in [1.82, 2.24) is 10.3 Å². The zero-order valence-corrected chi connectivity index (χ0v) is 6.95. The second-order valence-electron chi connectivity index (χ2n) is 2.32. The topological polar surface area (TPSA) is 68.0 Å². The number of aromatic nitrogens is 1. The van der Waals surface area contributed by atoms with Gasteiger partial charge in [0.05, 0.1) is 12.1 Å². The summed E-state index contributed by atoms with van der Waals surface area (Å²) in [4.78, 5) is 15.1. The second-order valence-corrected chi connectivity index (χ2v) is 2.32. The lowest BCUT2D eigenvalue weighted by molar-refractivity contribution is 0.0959. The minimum absolute atomic E-state index is 0.188. The fourth-order valence-corrected chi connectivity index (χ4v) is 0.836. The predicted molar refractivity (Wildman–Crippen MR) is 49.8 cm³/mol. The van der Waals surface area contributed by atoms with Crippen molar-refractivity contribution in [2.24, 2.45) is 0 Å². The summed E-state index contributed by atoms with van der Waals surface area (Å²) >= 11 is 0. The molecule has 0 unspecified atom stereocenters. The predicted octanol–water partition coefficient (Wildman–Crippen LogP) is 0.0268. The molecule has 66 valence electrons. The maximum atomic E-state index is 11.3. The van der Waals surface area contributed by atoms with Gasteiger partial charge in [-0.3, -0.25) is 4.79 Å². The molecule has 3 N–H and O–H groups in total. The van der Waals surface area contributed by atoms with Gasteiger partial charge < -0.3 is 11.1 Å². The van der Waals surface area contributed by atoms with E-state index in [1.807, 2.05) is 0 Å². The summed E-state index contributed by atoms with van der Waals surface area (Å²) < 4.78 is 0. The highest BCUT2D eigenvalue weighted by Gasteiger charge is 2.07. The van der Waals surface area contributed by atoms with Gasteiger partial charge in [0.25, 0.3) is 5.91 Å². The molecular weight excluding hydrogens is 166 g/mol. The summed E-state index contributed by atoms with van der Waals surface area (Å²) in [5.41, 5.74) is 5.81. The molecule has 4 nitrogen and oxygen atoms in total. The fourth-order valence-electron chi connectivity index (χ4n) is 0.836. The number of amides is 1. The summed E-state index contributed by atoms with van der Waals surface area (Å²) in [5, 5.41) is 2.49. The van der Waals surface area contributed by atoms with Gasteiger partial charge in [0.1, 0.15) is 5.82 Å². The van der Waals surface area contributed by atoms with E-state index in [1.54, 1.807) is 12.1 Å². The van der Waals surface area contributed by atoms with Crippen LogP contribution in [0.3, 0.4) is 0 Å². The number of nitrogens with one attached hydrogen (secondary N) is 1. The molecule has 4 heteroatoms. The monoisotopic (exact) mass is 175 g/mol. The van der Waals surface area contributed by atoms with Crippen molar-refractivity contribution >= 4 is 11.7 Å². The van der Waals surface area contributed by atoms with E-state index in [4.69, 9.17) is 12.2 Å². The van der Waals surface area contributed by atoms with Gasteiger partial charge in [0.2, 0.25) is 0 Å². The highest BCUT2D eigenvalue weighted by Crippen LogP contribution is 2.05. The van der Waals surface area contributed by atoms with E-state index in [2.05, 4.69) is 16.2 Å². The third-order valence-corrected chi connectivity index (χ3v) is 1.43. The van der Waals surface area contributed by atoms with Gasteiger partial charge >= 0.3 is 0 Å². The fraction of sp³-hybridized carbons (Fsp3) is 0.111. The van der Waals surface area contributed by atoms with Crippen LogP contribution in [0.25, 0.3) is 0 Å². The number of anilines is 1. The van der Waals surface area contributed by atoms with Gasteiger partial charge in [-0.25, -0.2) is 4.98 Å². The van der Waals surface area contributed by atoms with Crippen LogP contribution in [0.1, 0.15) is 10.4 Å². The van der Waals surface area contributed by atoms with Crippen LogP contribution in [-0.2, 0) is 0 Å². The third kappa shape index (κ3) is 2.20. The van der Waals surface area contributed by atoms with E-state index in [1.165, 1.54) is 6.20 Å². The number of rotatable bonds is 2. The first-order chi connectivity index (χ1) is 6.25. The van der Waals surface area contributed by atoms with Gasteiger partial charge in [-0.15, -0.1) is 6.42 Å². The van der Waals surface area contributed by atoms with Crippen molar-refractivity contribution in [3.63, 3.8) is 0 Å². The van der Waals surface area contributed by atoms with Crippen LogP contribution in [0, 0.1) is 12.3 Å². The number of nitrogens with two attached hydrogens (primary N) is 1. The molecule has 0 saturated heterocycles. The molecule has 0 spiro atoms. The molecule has 1 heterocycles. The second kappa shape index (κ2) is 4.12. The molecule has 0 aromatic carbocycles. The number of carbonyl (C=O) groups excluding carboxylic acids is 1. The Bertz CT molecular complexity index is 354. The van der Waals surface area contributed by atoms with Crippen molar-refractivity contribution in [2.45, 2.75) is 0 Å². The molecule has 1 amide bonds. The average molecular weight is 175 g/mol. The Hall–Kier alpha value is -2.02. The molecule has 1 aromatic rings. The van der Waals surface area contributed by atoms with Crippen LogP contribution < -0.4 is 11.1 Å². The van der Waals surface area contributed by atoms with Crippen LogP contribution in [0.5, 0.6) is 0 Å². The molecule has 0 aliphatic heterocycles. The lowest BCUT2D eigenvalue weighted by atomic mass is 10.2. The zero-order valence-electron chi connectivity index (χ0n) is 6.95. The smallest absolute Gasteiger partial charge is 0.255 e. The van der Waals surface area contributed by atoms with Crippen molar-refractivity contribution in [1.29, 1.82) is 0 Å². The van der Waals surface area contributed by atoms with E-state index in [0.29, 0.717) is 5.56 Å². The molecule has 0 bridgehead atoms. The number of nitrogens with zero attached hydrogens (tertiary/aromatic N) is 1. The van der Waals surface area contributed by atoms with Crippen LogP contribution in [0.2, 0.25) is 0 Å². The van der Waals surface area contributed by atoms with E-state index < -0.39 is 0 Å². The summed E-state index contributed by atoms with van der Waals surface area (Å²) in [6, 6.07) is 3.23. The number of terminal acetylenes is 1. The van der Waals surface area contributed by atoms with E-state index in [9.17, 15) is 4.79 Å². The highest BCUT2D eigenvalue weighted by atomic mass is 16.1. The lowest BCUT2D eigenvalue weighted by Gasteiger charge is -2.02. The Morgan fingerprint density at radius 2 is 2.54 bits per heavy atom. The molecule has 0 atom stereocenters. The van der Waals surface area contributed by atoms with Crippen LogP contribution in [0.4, 0.5) is 5.82 Å². The van der Waals surface area contributed by atoms with Crippen molar-refractivity contribution in [3.8, 4) is 12.3 Å². The summed E-state index contributed by atoms with van der Waals surface area (Å²) in [6.07, 6.45) is 6.50. The van der Waals surface area contributed by atoms with Gasteiger partial charge in [0, 0.05) is 6.20 Å². The molecule has 0 fully saturated rings. The van der Waals surface area contributed by atoms with Crippen LogP contribution in [-0.4, -0.2) is 17.4 Å². The summed E-state index contributed by atoms with van der Waals surface area (Å²) in [6.45, 7) is 0.188. The Labute approximate surface area is 76.2 Å². The molecule has 0 radical (unpaired) electrons.